The first-order valence-corrected chi connectivity index (χ1v) is 20.9. The first kappa shape index (κ1) is 32.2. The van der Waals surface area contributed by atoms with E-state index >= 15 is 8.78 Å². The Labute approximate surface area is 318 Å². The molecule has 252 valence electrons. The lowest BCUT2D eigenvalue weighted by Crippen LogP contribution is -1.73. The summed E-state index contributed by atoms with van der Waals surface area (Å²) in [5, 5.41) is 4.30. The van der Waals surface area contributed by atoms with Crippen LogP contribution in [0.1, 0.15) is 0 Å². The molecule has 0 aliphatic carbocycles. The van der Waals surface area contributed by atoms with Gasteiger partial charge in [-0.3, -0.25) is 0 Å². The highest BCUT2D eigenvalue weighted by molar-refractivity contribution is 7.30. The van der Waals surface area contributed by atoms with Gasteiger partial charge < -0.3 is 0 Å². The second-order valence-electron chi connectivity index (χ2n) is 12.2. The van der Waals surface area contributed by atoms with E-state index < -0.39 is 0 Å². The van der Waals surface area contributed by atoms with Crippen LogP contribution in [0.15, 0.2) is 121 Å². The van der Waals surface area contributed by atoms with E-state index in [2.05, 4.69) is 36.4 Å². The van der Waals surface area contributed by atoms with E-state index in [1.165, 1.54) is 57.5 Å². The van der Waals surface area contributed by atoms with Crippen LogP contribution in [0, 0.1) is 23.3 Å². The van der Waals surface area contributed by atoms with Crippen molar-refractivity contribution in [1.29, 1.82) is 0 Å². The normalized spacial score (nSPS) is 11.8. The van der Waals surface area contributed by atoms with Crippen molar-refractivity contribution in [2.75, 3.05) is 0 Å². The molecular weight excluding hydrogens is 773 g/mol. The molecule has 52 heavy (non-hydrogen) atoms. The van der Waals surface area contributed by atoms with Crippen LogP contribution in [0.5, 0.6) is 0 Å². The summed E-state index contributed by atoms with van der Waals surface area (Å²) < 4.78 is 62.7. The molecular formula is C42H20F4S6. The maximum atomic E-state index is 15.3. The van der Waals surface area contributed by atoms with Crippen molar-refractivity contribution in [3.8, 4) is 59.9 Å². The maximum Gasteiger partial charge on any atom is 0.143 e. The van der Waals surface area contributed by atoms with E-state index in [1.54, 1.807) is 34.8 Å². The summed E-state index contributed by atoms with van der Waals surface area (Å²) in [5.41, 5.74) is 1.56. The molecule has 0 nitrogen and oxygen atoms in total. The molecule has 10 rings (SSSR count). The zero-order valence-electron chi connectivity index (χ0n) is 26.5. The molecule has 0 unspecified atom stereocenters. The Morgan fingerprint density at radius 3 is 1.06 bits per heavy atom. The smallest absolute Gasteiger partial charge is 0.143 e. The second kappa shape index (κ2) is 12.6. The maximum absolute atomic E-state index is 15.3. The minimum atomic E-state index is -0.350. The summed E-state index contributed by atoms with van der Waals surface area (Å²) in [7, 11) is 0. The first-order valence-electron chi connectivity index (χ1n) is 16.1. The first-order chi connectivity index (χ1) is 25.3. The Hall–Kier alpha value is -4.42. The SMILES string of the molecule is Fc1cc(-c2sc(-c3cc4cc5cc6sc(-c7cc(F)c(-c8cc(F)c(-c9ccccc9)s8)s7)cc6cc5cc4s3)cc2F)sc1-c1ccccc1. The van der Waals surface area contributed by atoms with Crippen molar-refractivity contribution < 1.29 is 17.6 Å². The van der Waals surface area contributed by atoms with Crippen LogP contribution in [-0.4, -0.2) is 0 Å². The molecule has 0 amide bonds. The molecule has 0 saturated carbocycles. The van der Waals surface area contributed by atoms with Crippen LogP contribution in [-0.2, 0) is 0 Å². The number of thiophene rings is 6. The number of rotatable bonds is 6. The van der Waals surface area contributed by atoms with Crippen molar-refractivity contribution in [3.05, 3.63) is 145 Å². The Balaban J connectivity index is 0.958. The quantitative estimate of drug-likeness (QED) is 0.147. The summed E-state index contributed by atoms with van der Waals surface area (Å²) in [6.45, 7) is 0. The van der Waals surface area contributed by atoms with Gasteiger partial charge in [-0.25, -0.2) is 17.6 Å². The molecule has 4 aromatic carbocycles. The summed E-state index contributed by atoms with van der Waals surface area (Å²) in [6, 6.07) is 37.5. The highest BCUT2D eigenvalue weighted by atomic mass is 32.1. The number of fused-ring (bicyclic) bond motifs is 3. The van der Waals surface area contributed by atoms with E-state index in [0.717, 1.165) is 61.6 Å². The van der Waals surface area contributed by atoms with Crippen LogP contribution in [0.4, 0.5) is 17.6 Å². The lowest BCUT2D eigenvalue weighted by molar-refractivity contribution is 0.632. The molecule has 0 spiro atoms. The van der Waals surface area contributed by atoms with Crippen LogP contribution in [0.25, 0.3) is 90.8 Å². The largest absolute Gasteiger partial charge is 0.205 e. The average molecular weight is 793 g/mol. The van der Waals surface area contributed by atoms with E-state index in [1.807, 2.05) is 60.7 Å². The van der Waals surface area contributed by atoms with Crippen LogP contribution in [0.2, 0.25) is 0 Å². The molecule has 0 N–H and O–H groups in total. The highest BCUT2D eigenvalue weighted by Gasteiger charge is 2.21. The minimum absolute atomic E-state index is 0.346. The lowest BCUT2D eigenvalue weighted by atomic mass is 10.1. The predicted molar refractivity (Wildman–Crippen MR) is 219 cm³/mol. The third-order valence-corrected chi connectivity index (χ3v) is 16.3. The number of hydrogen-bond acceptors (Lipinski definition) is 6. The molecule has 0 radical (unpaired) electrons. The standard InChI is InChI=1S/C42H20F4S6/c43-27-19-37(51-39(27)21-7-3-1-4-8-21)41-29(45)17-35(49-41)33-15-25-11-23-14-32-26(12-24(23)13-31(25)47-33)16-34(48-32)36-18-30(46)42(50-36)38-20-28(44)40(52-38)22-9-5-2-6-10-22/h1-20H. The van der Waals surface area contributed by atoms with E-state index in [0.29, 0.717) is 29.3 Å². The Bertz CT molecular complexity index is 2690. The third kappa shape index (κ3) is 5.57. The van der Waals surface area contributed by atoms with Gasteiger partial charge in [0.2, 0.25) is 0 Å². The number of benzene rings is 4. The molecule has 10 heteroatoms. The fraction of sp³-hybridized carbons (Fsp3) is 0. The van der Waals surface area contributed by atoms with Crippen LogP contribution < -0.4 is 0 Å². The molecule has 0 fully saturated rings. The van der Waals surface area contributed by atoms with Gasteiger partial charge in [-0.05, 0) is 93.3 Å². The van der Waals surface area contributed by atoms with Gasteiger partial charge in [-0.15, -0.1) is 68.0 Å². The highest BCUT2D eigenvalue weighted by Crippen LogP contribution is 2.48. The summed E-state index contributed by atoms with van der Waals surface area (Å²) in [5.74, 6) is -1.39. The van der Waals surface area contributed by atoms with Crippen molar-refractivity contribution in [2.24, 2.45) is 0 Å². The Kier molecular flexibility index (Phi) is 7.82. The van der Waals surface area contributed by atoms with Gasteiger partial charge in [0.05, 0.1) is 29.3 Å². The number of halogens is 4. The topological polar surface area (TPSA) is 0 Å². The van der Waals surface area contributed by atoms with E-state index in [9.17, 15) is 8.78 Å². The second-order valence-corrected chi connectivity index (χ2v) is 18.6. The molecule has 0 aliphatic heterocycles. The Morgan fingerprint density at radius 1 is 0.288 bits per heavy atom. The number of hydrogen-bond donors (Lipinski definition) is 0. The zero-order chi connectivity index (χ0) is 35.1. The summed E-state index contributed by atoms with van der Waals surface area (Å²) in [4.78, 5) is 6.59. The molecule has 0 bridgehead atoms. The fourth-order valence-corrected chi connectivity index (χ4v) is 13.1. The summed E-state index contributed by atoms with van der Waals surface area (Å²) >= 11 is 8.44. The minimum Gasteiger partial charge on any atom is -0.205 e. The van der Waals surface area contributed by atoms with E-state index in [4.69, 9.17) is 0 Å². The molecule has 10 aromatic rings. The van der Waals surface area contributed by atoms with Gasteiger partial charge in [0.25, 0.3) is 0 Å². The van der Waals surface area contributed by atoms with Crippen LogP contribution in [0.3, 0.4) is 0 Å². The van der Waals surface area contributed by atoms with Gasteiger partial charge in [-0.2, -0.15) is 0 Å². The summed E-state index contributed by atoms with van der Waals surface area (Å²) in [6.07, 6.45) is 0. The Morgan fingerprint density at radius 2 is 0.635 bits per heavy atom. The van der Waals surface area contributed by atoms with Gasteiger partial charge in [0.15, 0.2) is 0 Å². The zero-order valence-corrected chi connectivity index (χ0v) is 31.4. The fourth-order valence-electron chi connectivity index (χ4n) is 6.42. The van der Waals surface area contributed by atoms with Gasteiger partial charge in [0, 0.05) is 28.9 Å². The third-order valence-electron chi connectivity index (χ3n) is 8.86. The van der Waals surface area contributed by atoms with Gasteiger partial charge >= 0.3 is 0 Å². The predicted octanol–water partition coefficient (Wildman–Crippen LogP) is 16.1. The molecule has 0 atom stereocenters. The molecule has 6 aromatic heterocycles. The van der Waals surface area contributed by atoms with Crippen LogP contribution >= 0.6 is 68.0 Å². The van der Waals surface area contributed by atoms with Crippen molar-refractivity contribution in [2.45, 2.75) is 0 Å². The molecule has 0 aliphatic rings. The van der Waals surface area contributed by atoms with Crippen molar-refractivity contribution in [1.82, 2.24) is 0 Å². The van der Waals surface area contributed by atoms with Gasteiger partial charge in [0.1, 0.15) is 23.3 Å². The van der Waals surface area contributed by atoms with Gasteiger partial charge in [-0.1, -0.05) is 60.7 Å². The average Bonchev–Trinajstić information content (AvgIpc) is 4.00. The van der Waals surface area contributed by atoms with Crippen molar-refractivity contribution >= 4 is 99.0 Å². The van der Waals surface area contributed by atoms with E-state index in [-0.39, 0.29) is 23.3 Å². The lowest BCUT2D eigenvalue weighted by Gasteiger charge is -1.99. The molecule has 6 heterocycles. The van der Waals surface area contributed by atoms with Crippen molar-refractivity contribution in [3.63, 3.8) is 0 Å². The molecule has 0 saturated heterocycles. The monoisotopic (exact) mass is 792 g/mol.